The number of hydrogen-bond donors (Lipinski definition) is 1. The highest BCUT2D eigenvalue weighted by molar-refractivity contribution is 6.06. The van der Waals surface area contributed by atoms with Gasteiger partial charge in [-0.15, -0.1) is 0 Å². The molecule has 0 atom stereocenters. The van der Waals surface area contributed by atoms with Crippen LogP contribution in [0.5, 0.6) is 5.75 Å². The molecule has 0 spiro atoms. The van der Waals surface area contributed by atoms with Crippen LogP contribution in [0.3, 0.4) is 0 Å². The standard InChI is InChI=1S/C22H27N5O4/c1-22(2)20(29)26(21(30)23-22)12-9-19(28)25-10-4-11-27-16(14-25)13-18(24-27)15-5-7-17(31-3)8-6-15/h5-8,13H,4,9-12,14H2,1-3H3,(H,23,30). The summed E-state index contributed by atoms with van der Waals surface area (Å²) in [5, 5.41) is 7.35. The second-order valence-corrected chi connectivity index (χ2v) is 8.40. The van der Waals surface area contributed by atoms with Crippen molar-refractivity contribution in [2.45, 2.75) is 45.3 Å². The fraction of sp³-hybridized carbons (Fsp3) is 0.455. The van der Waals surface area contributed by atoms with Crippen LogP contribution in [-0.2, 0) is 22.7 Å². The van der Waals surface area contributed by atoms with E-state index in [1.54, 1.807) is 25.9 Å². The van der Waals surface area contributed by atoms with Gasteiger partial charge < -0.3 is 15.0 Å². The summed E-state index contributed by atoms with van der Waals surface area (Å²) in [4.78, 5) is 40.1. The summed E-state index contributed by atoms with van der Waals surface area (Å²) in [6, 6.07) is 9.28. The number of methoxy groups -OCH3 is 1. The predicted molar refractivity (Wildman–Crippen MR) is 113 cm³/mol. The molecule has 4 rings (SSSR count). The number of aromatic nitrogens is 2. The van der Waals surface area contributed by atoms with E-state index in [0.717, 1.165) is 40.6 Å². The number of nitrogens with zero attached hydrogens (tertiary/aromatic N) is 4. The zero-order chi connectivity index (χ0) is 22.2. The van der Waals surface area contributed by atoms with Crippen molar-refractivity contribution in [1.29, 1.82) is 0 Å². The minimum absolute atomic E-state index is 0.0778. The maximum atomic E-state index is 12.9. The first-order valence-electron chi connectivity index (χ1n) is 10.4. The van der Waals surface area contributed by atoms with Gasteiger partial charge in [-0.05, 0) is 50.6 Å². The van der Waals surface area contributed by atoms with Gasteiger partial charge >= 0.3 is 6.03 Å². The molecule has 0 radical (unpaired) electrons. The van der Waals surface area contributed by atoms with Crippen LogP contribution < -0.4 is 10.1 Å². The number of urea groups is 1. The summed E-state index contributed by atoms with van der Waals surface area (Å²) in [6.45, 7) is 5.20. The van der Waals surface area contributed by atoms with E-state index in [-0.39, 0.29) is 24.8 Å². The molecule has 1 N–H and O–H groups in total. The molecule has 31 heavy (non-hydrogen) atoms. The van der Waals surface area contributed by atoms with E-state index in [0.29, 0.717) is 13.1 Å². The Morgan fingerprint density at radius 2 is 1.94 bits per heavy atom. The van der Waals surface area contributed by atoms with E-state index in [4.69, 9.17) is 9.84 Å². The Labute approximate surface area is 180 Å². The maximum Gasteiger partial charge on any atom is 0.325 e. The number of ether oxygens (including phenoxy) is 1. The number of carbonyl (C=O) groups is 3. The SMILES string of the molecule is COc1ccc(-c2cc3n(n2)CCCN(C(=O)CCN2C(=O)NC(C)(C)C2=O)C3)cc1. The van der Waals surface area contributed by atoms with E-state index in [9.17, 15) is 14.4 Å². The normalized spacial score (nSPS) is 17.9. The number of rotatable bonds is 5. The van der Waals surface area contributed by atoms with Crippen molar-refractivity contribution in [3.8, 4) is 17.0 Å². The van der Waals surface area contributed by atoms with Gasteiger partial charge in [-0.25, -0.2) is 4.79 Å². The number of nitrogens with one attached hydrogen (secondary N) is 1. The molecule has 1 aromatic carbocycles. The topological polar surface area (TPSA) is 96.8 Å². The zero-order valence-electron chi connectivity index (χ0n) is 18.1. The highest BCUT2D eigenvalue weighted by Crippen LogP contribution is 2.24. The second kappa shape index (κ2) is 8.05. The highest BCUT2D eigenvalue weighted by Gasteiger charge is 2.44. The summed E-state index contributed by atoms with van der Waals surface area (Å²) in [5.74, 6) is 0.407. The Balaban J connectivity index is 1.42. The lowest BCUT2D eigenvalue weighted by molar-refractivity contribution is -0.133. The molecule has 9 nitrogen and oxygen atoms in total. The van der Waals surface area contributed by atoms with Gasteiger partial charge in [0.2, 0.25) is 5.91 Å². The van der Waals surface area contributed by atoms with Crippen LogP contribution in [0.4, 0.5) is 4.79 Å². The third-order valence-electron chi connectivity index (χ3n) is 5.75. The first-order valence-corrected chi connectivity index (χ1v) is 10.4. The lowest BCUT2D eigenvalue weighted by Crippen LogP contribution is -2.41. The largest absolute Gasteiger partial charge is 0.497 e. The predicted octanol–water partition coefficient (Wildman–Crippen LogP) is 2.01. The Morgan fingerprint density at radius 3 is 2.58 bits per heavy atom. The summed E-state index contributed by atoms with van der Waals surface area (Å²) in [6.07, 6.45) is 0.896. The molecule has 0 bridgehead atoms. The smallest absolute Gasteiger partial charge is 0.325 e. The van der Waals surface area contributed by atoms with Crippen LogP contribution in [0.25, 0.3) is 11.3 Å². The van der Waals surface area contributed by atoms with Gasteiger partial charge in [-0.1, -0.05) is 0 Å². The molecule has 0 unspecified atom stereocenters. The molecule has 0 saturated carbocycles. The minimum Gasteiger partial charge on any atom is -0.497 e. The molecule has 2 aliphatic heterocycles. The Kier molecular flexibility index (Phi) is 5.43. The lowest BCUT2D eigenvalue weighted by atomic mass is 10.1. The van der Waals surface area contributed by atoms with E-state index in [1.807, 2.05) is 35.0 Å². The molecule has 1 fully saturated rings. The van der Waals surface area contributed by atoms with Crippen LogP contribution in [0.2, 0.25) is 0 Å². The number of fused-ring (bicyclic) bond motifs is 1. The highest BCUT2D eigenvalue weighted by atomic mass is 16.5. The molecular formula is C22H27N5O4. The lowest BCUT2D eigenvalue weighted by Gasteiger charge is -2.21. The summed E-state index contributed by atoms with van der Waals surface area (Å²) in [7, 11) is 1.63. The van der Waals surface area contributed by atoms with E-state index in [2.05, 4.69) is 5.32 Å². The third-order valence-corrected chi connectivity index (χ3v) is 5.75. The number of imide groups is 1. The average molecular weight is 425 g/mol. The van der Waals surface area contributed by atoms with Gasteiger partial charge in [0, 0.05) is 31.6 Å². The summed E-state index contributed by atoms with van der Waals surface area (Å²) >= 11 is 0. The zero-order valence-corrected chi connectivity index (χ0v) is 18.1. The Morgan fingerprint density at radius 1 is 1.19 bits per heavy atom. The van der Waals surface area contributed by atoms with E-state index >= 15 is 0 Å². The van der Waals surface area contributed by atoms with Crippen molar-refractivity contribution in [1.82, 2.24) is 24.9 Å². The molecular weight excluding hydrogens is 398 g/mol. The van der Waals surface area contributed by atoms with Gasteiger partial charge in [0.15, 0.2) is 0 Å². The maximum absolute atomic E-state index is 12.9. The van der Waals surface area contributed by atoms with Crippen LogP contribution in [0.15, 0.2) is 30.3 Å². The number of aryl methyl sites for hydroxylation is 1. The molecule has 1 aromatic heterocycles. The van der Waals surface area contributed by atoms with Crippen molar-refractivity contribution < 1.29 is 19.1 Å². The van der Waals surface area contributed by atoms with Gasteiger partial charge in [0.05, 0.1) is 25.0 Å². The summed E-state index contributed by atoms with van der Waals surface area (Å²) in [5.41, 5.74) is 1.88. The van der Waals surface area contributed by atoms with Crippen LogP contribution >= 0.6 is 0 Å². The van der Waals surface area contributed by atoms with Crippen LogP contribution in [0.1, 0.15) is 32.4 Å². The van der Waals surface area contributed by atoms with Gasteiger partial charge in [0.1, 0.15) is 11.3 Å². The molecule has 2 aliphatic rings. The van der Waals surface area contributed by atoms with Crippen molar-refractivity contribution in [3.05, 3.63) is 36.0 Å². The third kappa shape index (κ3) is 4.12. The van der Waals surface area contributed by atoms with Crippen LogP contribution in [0, 0.1) is 0 Å². The molecule has 3 heterocycles. The monoisotopic (exact) mass is 425 g/mol. The number of hydrogen-bond acceptors (Lipinski definition) is 5. The van der Waals surface area contributed by atoms with Gasteiger partial charge in [-0.2, -0.15) is 5.10 Å². The van der Waals surface area contributed by atoms with Crippen molar-refractivity contribution in [3.63, 3.8) is 0 Å². The first kappa shape index (κ1) is 20.9. The molecule has 9 heteroatoms. The van der Waals surface area contributed by atoms with E-state index in [1.165, 1.54) is 0 Å². The van der Waals surface area contributed by atoms with Crippen molar-refractivity contribution in [2.24, 2.45) is 0 Å². The molecule has 1 saturated heterocycles. The average Bonchev–Trinajstić information content (AvgIpc) is 3.14. The number of amides is 4. The van der Waals surface area contributed by atoms with E-state index < -0.39 is 11.6 Å². The fourth-order valence-electron chi connectivity index (χ4n) is 3.96. The van der Waals surface area contributed by atoms with Crippen molar-refractivity contribution >= 4 is 17.8 Å². The molecule has 4 amide bonds. The van der Waals surface area contributed by atoms with Gasteiger partial charge in [-0.3, -0.25) is 19.2 Å². The Bertz CT molecular complexity index is 1010. The molecule has 164 valence electrons. The molecule has 2 aromatic rings. The van der Waals surface area contributed by atoms with Crippen molar-refractivity contribution in [2.75, 3.05) is 20.2 Å². The van der Waals surface area contributed by atoms with Crippen LogP contribution in [-0.4, -0.2) is 63.2 Å². The quantitative estimate of drug-likeness (QED) is 0.740. The number of carbonyl (C=O) groups excluding carboxylic acids is 3. The Hall–Kier alpha value is -3.36. The fourth-order valence-corrected chi connectivity index (χ4v) is 3.96. The first-order chi connectivity index (χ1) is 14.8. The number of benzene rings is 1. The van der Waals surface area contributed by atoms with Gasteiger partial charge in [0.25, 0.3) is 5.91 Å². The summed E-state index contributed by atoms with van der Waals surface area (Å²) < 4.78 is 7.16. The molecule has 0 aliphatic carbocycles. The second-order valence-electron chi connectivity index (χ2n) is 8.40. The minimum atomic E-state index is -0.924.